The number of hydrogen-bond acceptors (Lipinski definition) is 4. The van der Waals surface area contributed by atoms with Crippen LogP contribution in [0.2, 0.25) is 0 Å². The topological polar surface area (TPSA) is 56.6 Å². The van der Waals surface area contributed by atoms with Gasteiger partial charge in [0.2, 0.25) is 5.88 Å². The van der Waals surface area contributed by atoms with E-state index >= 15 is 0 Å². The number of benzene rings is 3. The number of carbonyl (C=O) groups is 1. The van der Waals surface area contributed by atoms with Crippen LogP contribution in [-0.4, -0.2) is 33.7 Å². The first kappa shape index (κ1) is 24.0. The lowest BCUT2D eigenvalue weighted by atomic mass is 10.1. The van der Waals surface area contributed by atoms with Gasteiger partial charge in [-0.15, -0.1) is 0 Å². The van der Waals surface area contributed by atoms with Gasteiger partial charge in [-0.25, -0.2) is 9.07 Å². The lowest BCUT2D eigenvalue weighted by molar-refractivity contribution is 0.0689. The summed E-state index contributed by atoms with van der Waals surface area (Å²) in [6.45, 7) is 4.07. The monoisotopic (exact) mass is 473 g/mol. The molecule has 7 heteroatoms. The lowest BCUT2D eigenvalue weighted by Gasteiger charge is -2.27. The van der Waals surface area contributed by atoms with Crippen LogP contribution in [0.5, 0.6) is 17.4 Å². The zero-order chi connectivity index (χ0) is 24.9. The molecule has 0 aliphatic heterocycles. The first-order chi connectivity index (χ1) is 16.9. The van der Waals surface area contributed by atoms with E-state index in [1.54, 1.807) is 29.8 Å². The molecule has 0 saturated heterocycles. The Bertz CT molecular complexity index is 1320. The number of hydrogen-bond donors (Lipinski definition) is 0. The second-order valence-electron chi connectivity index (χ2n) is 8.41. The Kier molecular flexibility index (Phi) is 7.15. The Morgan fingerprint density at radius 2 is 1.69 bits per heavy atom. The molecule has 0 saturated carbocycles. The van der Waals surface area contributed by atoms with E-state index in [-0.39, 0.29) is 24.1 Å². The minimum absolute atomic E-state index is 0.159. The summed E-state index contributed by atoms with van der Waals surface area (Å²) in [4.78, 5) is 15.1. The number of nitrogens with zero attached hydrogens (tertiary/aromatic N) is 3. The van der Waals surface area contributed by atoms with Crippen LogP contribution in [0.4, 0.5) is 4.39 Å². The predicted molar refractivity (Wildman–Crippen MR) is 133 cm³/mol. The smallest absolute Gasteiger partial charge is 0.254 e. The quantitative estimate of drug-likeness (QED) is 0.311. The van der Waals surface area contributed by atoms with Crippen molar-refractivity contribution < 1.29 is 18.7 Å². The third-order valence-electron chi connectivity index (χ3n) is 5.70. The van der Waals surface area contributed by atoms with E-state index in [2.05, 4.69) is 0 Å². The fourth-order valence-corrected chi connectivity index (χ4v) is 3.90. The van der Waals surface area contributed by atoms with E-state index in [1.165, 1.54) is 18.2 Å². The number of amides is 1. The zero-order valence-electron chi connectivity index (χ0n) is 20.2. The molecular formula is C28H28FN3O3. The van der Waals surface area contributed by atoms with Gasteiger partial charge in [0.1, 0.15) is 11.5 Å². The Morgan fingerprint density at radius 1 is 1.00 bits per heavy atom. The van der Waals surface area contributed by atoms with Crippen LogP contribution in [0.25, 0.3) is 11.3 Å². The maximum Gasteiger partial charge on any atom is 0.254 e. The van der Waals surface area contributed by atoms with Gasteiger partial charge in [0.25, 0.3) is 5.91 Å². The molecule has 6 nitrogen and oxygen atoms in total. The number of methoxy groups -OCH3 is 1. The maximum atomic E-state index is 13.9. The van der Waals surface area contributed by atoms with Gasteiger partial charge in [-0.1, -0.05) is 48.5 Å². The maximum absolute atomic E-state index is 13.9. The largest absolute Gasteiger partial charge is 0.493 e. The number of para-hydroxylation sites is 2. The molecule has 0 N–H and O–H groups in total. The molecule has 0 bridgehead atoms. The summed E-state index contributed by atoms with van der Waals surface area (Å²) in [5.41, 5.74) is 2.63. The molecule has 0 aliphatic carbocycles. The molecule has 35 heavy (non-hydrogen) atoms. The third kappa shape index (κ3) is 5.19. The van der Waals surface area contributed by atoms with Crippen molar-refractivity contribution in [3.8, 4) is 28.6 Å². The fourth-order valence-electron chi connectivity index (χ4n) is 3.90. The van der Waals surface area contributed by atoms with Crippen LogP contribution < -0.4 is 9.47 Å². The summed E-state index contributed by atoms with van der Waals surface area (Å²) < 4.78 is 27.3. The van der Waals surface area contributed by atoms with E-state index in [1.807, 2.05) is 68.4 Å². The molecule has 0 spiro atoms. The molecule has 1 aromatic heterocycles. The van der Waals surface area contributed by atoms with E-state index in [9.17, 15) is 9.18 Å². The van der Waals surface area contributed by atoms with Crippen LogP contribution in [0.1, 0.15) is 29.8 Å². The number of ether oxygens (including phenoxy) is 2. The summed E-state index contributed by atoms with van der Waals surface area (Å²) in [6.07, 6.45) is 0. The first-order valence-electron chi connectivity index (χ1n) is 11.4. The molecule has 1 heterocycles. The summed E-state index contributed by atoms with van der Waals surface area (Å²) >= 11 is 0. The number of halogens is 1. The molecule has 180 valence electrons. The molecule has 0 atom stereocenters. The summed E-state index contributed by atoms with van der Waals surface area (Å²) in [6, 6.07) is 22.7. The summed E-state index contributed by atoms with van der Waals surface area (Å²) in [5, 5.41) is 4.74. The van der Waals surface area contributed by atoms with Crippen molar-refractivity contribution in [3.63, 3.8) is 0 Å². The molecule has 3 aromatic carbocycles. The normalized spacial score (nSPS) is 10.9. The fraction of sp³-hybridized carbons (Fsp3) is 0.214. The van der Waals surface area contributed by atoms with Crippen LogP contribution in [0.3, 0.4) is 0 Å². The second kappa shape index (κ2) is 10.4. The van der Waals surface area contributed by atoms with Crippen molar-refractivity contribution in [2.45, 2.75) is 26.4 Å². The first-order valence-corrected chi connectivity index (χ1v) is 11.4. The van der Waals surface area contributed by atoms with Crippen molar-refractivity contribution in [1.29, 1.82) is 0 Å². The number of carbonyl (C=O) groups excluding carboxylic acids is 1. The van der Waals surface area contributed by atoms with Crippen molar-refractivity contribution in [3.05, 3.63) is 95.8 Å². The molecule has 0 radical (unpaired) electrons. The highest BCUT2D eigenvalue weighted by molar-refractivity contribution is 5.94. The van der Waals surface area contributed by atoms with Crippen LogP contribution in [0.15, 0.2) is 78.9 Å². The number of rotatable bonds is 8. The highest BCUT2D eigenvalue weighted by Gasteiger charge is 2.27. The predicted octanol–water partition coefficient (Wildman–Crippen LogP) is 6.08. The van der Waals surface area contributed by atoms with Crippen LogP contribution in [0, 0.1) is 5.82 Å². The molecule has 4 aromatic rings. The standard InChI is InChI=1S/C28H28FN3O3/c1-19(2)32(27(33)21-13-10-14-22(29)17-21)18-23-26(20-11-6-5-7-12-20)30-31(3)28(23)35-25-16-9-8-15-24(25)34-4/h5-17,19H,18H2,1-4H3. The van der Waals surface area contributed by atoms with Gasteiger partial charge >= 0.3 is 0 Å². The zero-order valence-corrected chi connectivity index (χ0v) is 20.2. The average molecular weight is 474 g/mol. The average Bonchev–Trinajstić information content (AvgIpc) is 3.17. The Hall–Kier alpha value is -4.13. The number of aryl methyl sites for hydroxylation is 1. The van der Waals surface area contributed by atoms with Gasteiger partial charge in [0.05, 0.1) is 19.2 Å². The second-order valence-corrected chi connectivity index (χ2v) is 8.41. The molecule has 4 rings (SSSR count). The van der Waals surface area contributed by atoms with Crippen molar-refractivity contribution in [2.75, 3.05) is 7.11 Å². The van der Waals surface area contributed by atoms with Crippen molar-refractivity contribution in [1.82, 2.24) is 14.7 Å². The van der Waals surface area contributed by atoms with Gasteiger partial charge in [-0.05, 0) is 44.2 Å². The Morgan fingerprint density at radius 3 is 2.34 bits per heavy atom. The van der Waals surface area contributed by atoms with Gasteiger partial charge < -0.3 is 14.4 Å². The highest BCUT2D eigenvalue weighted by Crippen LogP contribution is 2.37. The molecule has 0 fully saturated rings. The van der Waals surface area contributed by atoms with Crippen molar-refractivity contribution >= 4 is 5.91 Å². The van der Waals surface area contributed by atoms with Crippen molar-refractivity contribution in [2.24, 2.45) is 7.05 Å². The molecule has 1 amide bonds. The van der Waals surface area contributed by atoms with Gasteiger partial charge in [0, 0.05) is 24.2 Å². The Labute approximate surface area is 204 Å². The Balaban J connectivity index is 1.81. The molecule has 0 unspecified atom stereocenters. The van der Waals surface area contributed by atoms with Crippen LogP contribution >= 0.6 is 0 Å². The van der Waals surface area contributed by atoms with Gasteiger partial charge in [0.15, 0.2) is 11.5 Å². The highest BCUT2D eigenvalue weighted by atomic mass is 19.1. The molecular weight excluding hydrogens is 445 g/mol. The number of aromatic nitrogens is 2. The minimum atomic E-state index is -0.453. The van der Waals surface area contributed by atoms with E-state index in [0.717, 1.165) is 11.1 Å². The minimum Gasteiger partial charge on any atom is -0.493 e. The van der Waals surface area contributed by atoms with E-state index < -0.39 is 5.82 Å². The van der Waals surface area contributed by atoms with Gasteiger partial charge in [-0.2, -0.15) is 5.10 Å². The summed E-state index contributed by atoms with van der Waals surface area (Å²) in [7, 11) is 3.38. The lowest BCUT2D eigenvalue weighted by Crippen LogP contribution is -2.36. The van der Waals surface area contributed by atoms with E-state index in [0.29, 0.717) is 23.1 Å². The van der Waals surface area contributed by atoms with Gasteiger partial charge in [-0.3, -0.25) is 4.79 Å². The summed E-state index contributed by atoms with van der Waals surface area (Å²) in [5.74, 6) is 0.881. The SMILES string of the molecule is COc1ccccc1Oc1c(CN(C(=O)c2cccc(F)c2)C(C)C)c(-c2ccccc2)nn1C. The third-order valence-corrected chi connectivity index (χ3v) is 5.70. The van der Waals surface area contributed by atoms with E-state index in [4.69, 9.17) is 14.6 Å². The van der Waals surface area contributed by atoms with Crippen LogP contribution in [-0.2, 0) is 13.6 Å². The molecule has 0 aliphatic rings.